The van der Waals surface area contributed by atoms with Crippen LogP contribution >= 0.6 is 0 Å². The van der Waals surface area contributed by atoms with E-state index in [9.17, 15) is 22.8 Å². The van der Waals surface area contributed by atoms with Crippen LogP contribution in [0.25, 0.3) is 0 Å². The Hall–Kier alpha value is -1.99. The summed E-state index contributed by atoms with van der Waals surface area (Å²) in [5.74, 6) is -4.63. The zero-order valence-electron chi connectivity index (χ0n) is 10.3. The quantitative estimate of drug-likeness (QED) is 0.796. The fourth-order valence-corrected chi connectivity index (χ4v) is 1.24. The fraction of sp³-hybridized carbons (Fsp3) is 0.455. The molecule has 8 heteroatoms. The molecular formula is C11H11F3O5. The van der Waals surface area contributed by atoms with Crippen LogP contribution in [0.4, 0.5) is 13.2 Å². The highest BCUT2D eigenvalue weighted by Gasteiger charge is 2.41. The average molecular weight is 280 g/mol. The van der Waals surface area contributed by atoms with Gasteiger partial charge in [0.05, 0.1) is 13.2 Å². The summed E-state index contributed by atoms with van der Waals surface area (Å²) >= 11 is 0. The van der Waals surface area contributed by atoms with E-state index >= 15 is 0 Å². The van der Waals surface area contributed by atoms with Gasteiger partial charge in [0.1, 0.15) is 5.56 Å². The van der Waals surface area contributed by atoms with Crippen molar-refractivity contribution in [3.63, 3.8) is 0 Å². The van der Waals surface area contributed by atoms with E-state index in [1.165, 1.54) is 13.8 Å². The van der Waals surface area contributed by atoms with Crippen LogP contribution in [0.15, 0.2) is 10.5 Å². The maximum absolute atomic E-state index is 12.6. The van der Waals surface area contributed by atoms with Gasteiger partial charge in [0, 0.05) is 6.07 Å². The first-order valence-corrected chi connectivity index (χ1v) is 5.17. The number of esters is 2. The molecule has 0 N–H and O–H groups in total. The Morgan fingerprint density at radius 1 is 1.26 bits per heavy atom. The number of hydrogen-bond acceptors (Lipinski definition) is 5. The molecule has 0 aliphatic carbocycles. The predicted octanol–water partition coefficient (Wildman–Crippen LogP) is 2.65. The maximum atomic E-state index is 12.6. The molecule has 0 amide bonds. The summed E-state index contributed by atoms with van der Waals surface area (Å²) in [5, 5.41) is 0. The summed E-state index contributed by atoms with van der Waals surface area (Å²) < 4.78 is 51.1. The van der Waals surface area contributed by atoms with Gasteiger partial charge in [0.2, 0.25) is 11.5 Å². The first-order chi connectivity index (χ1) is 8.66. The second-order valence-electron chi connectivity index (χ2n) is 3.80. The molecule has 1 rings (SSSR count). The monoisotopic (exact) mass is 280 g/mol. The van der Waals surface area contributed by atoms with Crippen LogP contribution in [-0.4, -0.2) is 25.2 Å². The molecule has 0 aliphatic rings. The summed E-state index contributed by atoms with van der Waals surface area (Å²) in [4.78, 5) is 22.6. The summed E-state index contributed by atoms with van der Waals surface area (Å²) in [7, 11) is 0.918. The highest BCUT2D eigenvalue weighted by Crippen LogP contribution is 2.34. The van der Waals surface area contributed by atoms with Crippen molar-refractivity contribution in [2.75, 3.05) is 7.11 Å². The summed E-state index contributed by atoms with van der Waals surface area (Å²) in [5.41, 5.74) is -0.870. The largest absolute Gasteiger partial charge is 0.465 e. The third-order valence-electron chi connectivity index (χ3n) is 1.94. The highest BCUT2D eigenvalue weighted by molar-refractivity contribution is 5.95. The van der Waals surface area contributed by atoms with Crippen LogP contribution in [0.3, 0.4) is 0 Å². The lowest BCUT2D eigenvalue weighted by molar-refractivity contribution is -0.153. The van der Waals surface area contributed by atoms with Crippen LogP contribution in [0.2, 0.25) is 0 Å². The molecule has 0 aliphatic heterocycles. The van der Waals surface area contributed by atoms with Gasteiger partial charge in [-0.15, -0.1) is 0 Å². The number of carbonyl (C=O) groups excluding carboxylic acids is 2. The Kier molecular flexibility index (Phi) is 4.23. The third-order valence-corrected chi connectivity index (χ3v) is 1.94. The molecule has 0 saturated carbocycles. The van der Waals surface area contributed by atoms with Gasteiger partial charge in [0.15, 0.2) is 0 Å². The van der Waals surface area contributed by atoms with Gasteiger partial charge in [-0.2, -0.15) is 13.2 Å². The van der Waals surface area contributed by atoms with Crippen LogP contribution in [-0.2, 0) is 15.7 Å². The second kappa shape index (κ2) is 5.33. The minimum absolute atomic E-state index is 0.534. The van der Waals surface area contributed by atoms with E-state index in [2.05, 4.69) is 13.9 Å². The molecule has 0 bridgehead atoms. The normalized spacial score (nSPS) is 11.5. The lowest BCUT2D eigenvalue weighted by atomic mass is 10.2. The molecule has 0 unspecified atom stereocenters. The van der Waals surface area contributed by atoms with Gasteiger partial charge >= 0.3 is 18.1 Å². The molecule has 5 nitrogen and oxygen atoms in total. The standard InChI is InChI=1S/C11H11F3O5/c1-5(2)18-10(16)7-4-6(9(15)17-3)8(19-7)11(12,13)14/h4-5H,1-3H3. The van der Waals surface area contributed by atoms with E-state index in [1.807, 2.05) is 0 Å². The molecule has 106 valence electrons. The van der Waals surface area contributed by atoms with Gasteiger partial charge in [-0.25, -0.2) is 9.59 Å². The molecule has 0 saturated heterocycles. The Morgan fingerprint density at radius 2 is 1.84 bits per heavy atom. The smallest absolute Gasteiger partial charge is 0.450 e. The van der Waals surface area contributed by atoms with Crippen molar-refractivity contribution in [2.24, 2.45) is 0 Å². The number of ether oxygens (including phenoxy) is 2. The number of hydrogen-bond donors (Lipinski definition) is 0. The molecule has 1 aromatic heterocycles. The van der Waals surface area contributed by atoms with E-state index in [1.54, 1.807) is 0 Å². The topological polar surface area (TPSA) is 65.7 Å². The number of methoxy groups -OCH3 is 1. The minimum Gasteiger partial charge on any atom is -0.465 e. The molecule has 0 radical (unpaired) electrons. The van der Waals surface area contributed by atoms with Gasteiger partial charge in [-0.3, -0.25) is 0 Å². The van der Waals surface area contributed by atoms with Crippen molar-refractivity contribution in [3.05, 3.63) is 23.2 Å². The fourth-order valence-electron chi connectivity index (χ4n) is 1.24. The highest BCUT2D eigenvalue weighted by atomic mass is 19.4. The summed E-state index contributed by atoms with van der Waals surface area (Å²) in [6, 6.07) is 0.652. The van der Waals surface area contributed by atoms with E-state index in [-0.39, 0.29) is 0 Å². The van der Waals surface area contributed by atoms with Crippen LogP contribution in [0.1, 0.15) is 40.5 Å². The van der Waals surface area contributed by atoms with Crippen molar-refractivity contribution < 1.29 is 36.7 Å². The molecule has 19 heavy (non-hydrogen) atoms. The Bertz CT molecular complexity index is 487. The predicted molar refractivity (Wildman–Crippen MR) is 55.6 cm³/mol. The summed E-state index contributed by atoms with van der Waals surface area (Å²) in [6.07, 6.45) is -5.45. The van der Waals surface area contributed by atoms with Gasteiger partial charge in [-0.1, -0.05) is 0 Å². The lowest BCUT2D eigenvalue weighted by Gasteiger charge is -2.05. The van der Waals surface area contributed by atoms with Gasteiger partial charge in [0.25, 0.3) is 0 Å². The maximum Gasteiger partial charge on any atom is 0.450 e. The van der Waals surface area contributed by atoms with Crippen LogP contribution in [0, 0.1) is 0 Å². The van der Waals surface area contributed by atoms with E-state index in [0.717, 1.165) is 7.11 Å². The second-order valence-corrected chi connectivity index (χ2v) is 3.80. The number of rotatable bonds is 3. The van der Waals surface area contributed by atoms with Crippen molar-refractivity contribution >= 4 is 11.9 Å². The average Bonchev–Trinajstić information content (AvgIpc) is 2.71. The van der Waals surface area contributed by atoms with Crippen molar-refractivity contribution in [1.29, 1.82) is 0 Å². The molecule has 0 fully saturated rings. The Morgan fingerprint density at radius 3 is 2.26 bits per heavy atom. The first kappa shape index (κ1) is 15.1. The van der Waals surface area contributed by atoms with Crippen LogP contribution < -0.4 is 0 Å². The molecule has 0 atom stereocenters. The zero-order valence-corrected chi connectivity index (χ0v) is 10.3. The zero-order chi connectivity index (χ0) is 14.8. The number of furan rings is 1. The number of alkyl halides is 3. The number of carbonyl (C=O) groups is 2. The summed E-state index contributed by atoms with van der Waals surface area (Å²) in [6.45, 7) is 3.04. The van der Waals surface area contributed by atoms with Crippen LogP contribution in [0.5, 0.6) is 0 Å². The molecule has 0 aromatic carbocycles. The van der Waals surface area contributed by atoms with Gasteiger partial charge in [-0.05, 0) is 13.8 Å². The molecule has 1 aromatic rings. The van der Waals surface area contributed by atoms with Crippen molar-refractivity contribution in [1.82, 2.24) is 0 Å². The molecule has 0 spiro atoms. The third kappa shape index (κ3) is 3.49. The molecule has 1 heterocycles. The number of halogens is 3. The van der Waals surface area contributed by atoms with E-state index in [0.29, 0.717) is 6.07 Å². The van der Waals surface area contributed by atoms with Crippen molar-refractivity contribution in [3.8, 4) is 0 Å². The van der Waals surface area contributed by atoms with Gasteiger partial charge < -0.3 is 13.9 Å². The minimum atomic E-state index is -4.92. The Balaban J connectivity index is 3.21. The van der Waals surface area contributed by atoms with Crippen molar-refractivity contribution in [2.45, 2.75) is 26.1 Å². The van der Waals surface area contributed by atoms with E-state index < -0.39 is 41.3 Å². The SMILES string of the molecule is COC(=O)c1cc(C(=O)OC(C)C)oc1C(F)(F)F. The first-order valence-electron chi connectivity index (χ1n) is 5.17. The van der Waals surface area contributed by atoms with E-state index in [4.69, 9.17) is 0 Å². The molecular weight excluding hydrogens is 269 g/mol. The Labute approximate surface area is 106 Å². The lowest BCUT2D eigenvalue weighted by Crippen LogP contribution is -2.11.